The minimum atomic E-state index is 0.469. The van der Waals surface area contributed by atoms with E-state index in [0.717, 1.165) is 43.9 Å². The second kappa shape index (κ2) is 7.04. The van der Waals surface area contributed by atoms with E-state index < -0.39 is 0 Å². The predicted octanol–water partition coefficient (Wildman–Crippen LogP) is 3.25. The van der Waals surface area contributed by atoms with Gasteiger partial charge in [-0.15, -0.1) is 0 Å². The highest BCUT2D eigenvalue weighted by Crippen LogP contribution is 2.36. The van der Waals surface area contributed by atoms with Gasteiger partial charge in [-0.1, -0.05) is 18.5 Å². The van der Waals surface area contributed by atoms with Crippen LogP contribution in [0.1, 0.15) is 19.8 Å². The van der Waals surface area contributed by atoms with Crippen LogP contribution >= 0.6 is 11.6 Å². The molecule has 0 spiro atoms. The molecule has 0 amide bonds. The third kappa shape index (κ3) is 3.49. The number of benzene rings is 1. The fourth-order valence-corrected chi connectivity index (χ4v) is 2.83. The summed E-state index contributed by atoms with van der Waals surface area (Å²) in [5.41, 5.74) is 0.938. The number of ether oxygens (including phenoxy) is 2. The molecule has 1 aromatic carbocycles. The summed E-state index contributed by atoms with van der Waals surface area (Å²) < 4.78 is 10.6. The number of piperidine rings is 1. The normalized spacial score (nSPS) is 17.0. The van der Waals surface area contributed by atoms with Crippen molar-refractivity contribution >= 4 is 17.3 Å². The Bertz CT molecular complexity index is 446. The Hall–Kier alpha value is -1.13. The Labute approximate surface area is 126 Å². The number of hydrogen-bond acceptors (Lipinski definition) is 4. The van der Waals surface area contributed by atoms with Crippen LogP contribution in [-0.4, -0.2) is 44.8 Å². The zero-order valence-electron chi connectivity index (χ0n) is 12.4. The third-order valence-corrected chi connectivity index (χ3v) is 4.16. The Morgan fingerprint density at radius 3 is 2.40 bits per heavy atom. The minimum absolute atomic E-state index is 0.469. The molecule has 1 heterocycles. The van der Waals surface area contributed by atoms with Crippen molar-refractivity contribution in [2.45, 2.75) is 25.8 Å². The van der Waals surface area contributed by atoms with Crippen LogP contribution in [0.25, 0.3) is 0 Å². The molecule has 0 unspecified atom stereocenters. The van der Waals surface area contributed by atoms with E-state index in [4.69, 9.17) is 21.1 Å². The molecule has 1 N–H and O–H groups in total. The maximum absolute atomic E-state index is 6.19. The largest absolute Gasteiger partial charge is 0.495 e. The number of methoxy groups -OCH3 is 2. The van der Waals surface area contributed by atoms with Crippen molar-refractivity contribution in [3.8, 4) is 11.5 Å². The summed E-state index contributed by atoms with van der Waals surface area (Å²) in [5, 5.41) is 4.14. The maximum Gasteiger partial charge on any atom is 0.145 e. The Morgan fingerprint density at radius 1 is 1.20 bits per heavy atom. The zero-order chi connectivity index (χ0) is 14.5. The monoisotopic (exact) mass is 298 g/mol. The van der Waals surface area contributed by atoms with Gasteiger partial charge in [-0.3, -0.25) is 0 Å². The zero-order valence-corrected chi connectivity index (χ0v) is 13.2. The van der Waals surface area contributed by atoms with E-state index in [2.05, 4.69) is 17.1 Å². The van der Waals surface area contributed by atoms with Crippen molar-refractivity contribution in [2.75, 3.05) is 39.2 Å². The van der Waals surface area contributed by atoms with Gasteiger partial charge in [-0.2, -0.15) is 0 Å². The summed E-state index contributed by atoms with van der Waals surface area (Å²) in [7, 11) is 3.27. The first-order valence-electron chi connectivity index (χ1n) is 7.08. The molecule has 1 saturated heterocycles. The van der Waals surface area contributed by atoms with Gasteiger partial charge in [-0.05, 0) is 25.5 Å². The van der Waals surface area contributed by atoms with Crippen LogP contribution in [-0.2, 0) is 0 Å². The van der Waals surface area contributed by atoms with E-state index in [-0.39, 0.29) is 0 Å². The second-order valence-corrected chi connectivity index (χ2v) is 5.45. The van der Waals surface area contributed by atoms with Gasteiger partial charge in [0.05, 0.1) is 24.9 Å². The molecule has 0 aliphatic carbocycles. The van der Waals surface area contributed by atoms with Crippen LogP contribution in [0.15, 0.2) is 12.1 Å². The van der Waals surface area contributed by atoms with Gasteiger partial charge in [0.1, 0.15) is 11.5 Å². The smallest absolute Gasteiger partial charge is 0.145 e. The van der Waals surface area contributed by atoms with E-state index in [0.29, 0.717) is 16.8 Å². The molecule has 5 heteroatoms. The van der Waals surface area contributed by atoms with Crippen molar-refractivity contribution in [1.82, 2.24) is 4.90 Å². The number of rotatable bonds is 5. The molecule has 4 nitrogen and oxygen atoms in total. The Morgan fingerprint density at radius 2 is 1.85 bits per heavy atom. The van der Waals surface area contributed by atoms with Crippen molar-refractivity contribution in [1.29, 1.82) is 0 Å². The molecule has 0 radical (unpaired) electrons. The molecule has 112 valence electrons. The van der Waals surface area contributed by atoms with Crippen LogP contribution in [0.5, 0.6) is 11.5 Å². The molecular weight excluding hydrogens is 276 g/mol. The van der Waals surface area contributed by atoms with Crippen LogP contribution in [0.3, 0.4) is 0 Å². The molecule has 0 aromatic heterocycles. The van der Waals surface area contributed by atoms with E-state index in [1.54, 1.807) is 14.2 Å². The Balaban J connectivity index is 2.07. The lowest BCUT2D eigenvalue weighted by Gasteiger charge is -2.32. The highest BCUT2D eigenvalue weighted by molar-refractivity contribution is 6.32. The molecule has 0 bridgehead atoms. The van der Waals surface area contributed by atoms with Gasteiger partial charge in [0, 0.05) is 25.2 Å². The molecular formula is C15H23ClN2O2. The SMILES string of the molecule is CCN1CCC(Nc2cc(Cl)c(OC)cc2OC)CC1. The average molecular weight is 299 g/mol. The third-order valence-electron chi connectivity index (χ3n) is 3.87. The standard InChI is InChI=1S/C15H23ClN2O2/c1-4-18-7-5-11(6-8-18)17-13-9-12(16)14(19-2)10-15(13)20-3/h9-11,17H,4-8H2,1-3H3. The maximum atomic E-state index is 6.19. The quantitative estimate of drug-likeness (QED) is 0.905. The molecule has 1 aromatic rings. The van der Waals surface area contributed by atoms with Gasteiger partial charge in [0.25, 0.3) is 0 Å². The molecule has 0 saturated carbocycles. The lowest BCUT2D eigenvalue weighted by atomic mass is 10.0. The fourth-order valence-electron chi connectivity index (χ4n) is 2.59. The summed E-state index contributed by atoms with van der Waals surface area (Å²) in [4.78, 5) is 2.47. The molecule has 1 fully saturated rings. The van der Waals surface area contributed by atoms with Crippen LogP contribution < -0.4 is 14.8 Å². The number of nitrogens with one attached hydrogen (secondary N) is 1. The number of anilines is 1. The fraction of sp³-hybridized carbons (Fsp3) is 0.600. The van der Waals surface area contributed by atoms with E-state index in [1.807, 2.05) is 12.1 Å². The number of hydrogen-bond donors (Lipinski definition) is 1. The molecule has 20 heavy (non-hydrogen) atoms. The van der Waals surface area contributed by atoms with E-state index >= 15 is 0 Å². The average Bonchev–Trinajstić information content (AvgIpc) is 2.48. The second-order valence-electron chi connectivity index (χ2n) is 5.04. The van der Waals surface area contributed by atoms with Crippen molar-refractivity contribution in [3.05, 3.63) is 17.2 Å². The summed E-state index contributed by atoms with van der Waals surface area (Å²) in [6.07, 6.45) is 2.28. The summed E-state index contributed by atoms with van der Waals surface area (Å²) >= 11 is 6.19. The summed E-state index contributed by atoms with van der Waals surface area (Å²) in [6.45, 7) is 5.62. The summed E-state index contributed by atoms with van der Waals surface area (Å²) in [5.74, 6) is 1.40. The van der Waals surface area contributed by atoms with Gasteiger partial charge in [-0.25, -0.2) is 0 Å². The lowest BCUT2D eigenvalue weighted by molar-refractivity contribution is 0.229. The highest BCUT2D eigenvalue weighted by atomic mass is 35.5. The first-order valence-corrected chi connectivity index (χ1v) is 7.46. The van der Waals surface area contributed by atoms with Crippen molar-refractivity contribution in [3.63, 3.8) is 0 Å². The van der Waals surface area contributed by atoms with E-state index in [1.165, 1.54) is 0 Å². The van der Waals surface area contributed by atoms with Gasteiger partial charge < -0.3 is 19.7 Å². The van der Waals surface area contributed by atoms with E-state index in [9.17, 15) is 0 Å². The number of likely N-dealkylation sites (tertiary alicyclic amines) is 1. The van der Waals surface area contributed by atoms with Crippen LogP contribution in [0.4, 0.5) is 5.69 Å². The highest BCUT2D eigenvalue weighted by Gasteiger charge is 2.19. The van der Waals surface area contributed by atoms with Crippen molar-refractivity contribution < 1.29 is 9.47 Å². The van der Waals surface area contributed by atoms with Gasteiger partial charge >= 0.3 is 0 Å². The molecule has 1 aliphatic heterocycles. The topological polar surface area (TPSA) is 33.7 Å². The lowest BCUT2D eigenvalue weighted by Crippen LogP contribution is -2.38. The van der Waals surface area contributed by atoms with Crippen LogP contribution in [0, 0.1) is 0 Å². The minimum Gasteiger partial charge on any atom is -0.495 e. The number of halogens is 1. The molecule has 1 aliphatic rings. The summed E-state index contributed by atoms with van der Waals surface area (Å²) in [6, 6.07) is 4.17. The Kier molecular flexibility index (Phi) is 5.38. The van der Waals surface area contributed by atoms with Gasteiger partial charge in [0.2, 0.25) is 0 Å². The van der Waals surface area contributed by atoms with Crippen molar-refractivity contribution in [2.24, 2.45) is 0 Å². The first-order chi connectivity index (χ1) is 9.67. The predicted molar refractivity (Wildman–Crippen MR) is 83.3 cm³/mol. The molecule has 2 rings (SSSR count). The van der Waals surface area contributed by atoms with Gasteiger partial charge in [0.15, 0.2) is 0 Å². The molecule has 0 atom stereocenters. The first kappa shape index (κ1) is 15.3. The number of nitrogens with zero attached hydrogens (tertiary/aromatic N) is 1. The van der Waals surface area contributed by atoms with Crippen LogP contribution in [0.2, 0.25) is 5.02 Å².